The molecule has 0 radical (unpaired) electrons. The van der Waals surface area contributed by atoms with Gasteiger partial charge >= 0.3 is 0 Å². The number of non-ortho nitro benzene ring substituents is 1. The summed E-state index contributed by atoms with van der Waals surface area (Å²) in [6.07, 6.45) is -0.0627. The molecule has 1 unspecified atom stereocenters. The average molecular weight is 472 g/mol. The summed E-state index contributed by atoms with van der Waals surface area (Å²) >= 11 is 0. The number of hydrazone groups is 1. The van der Waals surface area contributed by atoms with Crippen LogP contribution >= 0.6 is 0 Å². The largest absolute Gasteiger partial charge is 0.484 e. The van der Waals surface area contributed by atoms with Gasteiger partial charge in [0.2, 0.25) is 0 Å². The minimum absolute atomic E-state index is 0.0158. The van der Waals surface area contributed by atoms with Gasteiger partial charge in [-0.1, -0.05) is 54.6 Å². The summed E-state index contributed by atoms with van der Waals surface area (Å²) in [4.78, 5) is 27.0. The first-order valence-electron chi connectivity index (χ1n) is 11.5. The number of benzene rings is 3. The Kier molecular flexibility index (Phi) is 6.40. The molecule has 1 saturated heterocycles. The third-order valence-corrected chi connectivity index (χ3v) is 6.30. The van der Waals surface area contributed by atoms with Crippen molar-refractivity contribution in [1.29, 1.82) is 0 Å². The van der Waals surface area contributed by atoms with E-state index in [2.05, 4.69) is 34.6 Å². The van der Waals surface area contributed by atoms with Crippen LogP contribution in [0.25, 0.3) is 0 Å². The molecule has 3 aromatic rings. The van der Waals surface area contributed by atoms with E-state index in [-0.39, 0.29) is 24.4 Å². The average Bonchev–Trinajstić information content (AvgIpc) is 2.92. The van der Waals surface area contributed by atoms with Crippen molar-refractivity contribution >= 4 is 17.3 Å². The van der Waals surface area contributed by atoms with Gasteiger partial charge in [-0.05, 0) is 17.7 Å². The molecule has 9 nitrogen and oxygen atoms in total. The lowest BCUT2D eigenvalue weighted by Gasteiger charge is -2.40. The molecule has 0 spiro atoms. The lowest BCUT2D eigenvalue weighted by atomic mass is 9.94. The van der Waals surface area contributed by atoms with E-state index in [4.69, 9.17) is 9.84 Å². The Labute approximate surface area is 202 Å². The quantitative estimate of drug-likeness (QED) is 0.438. The number of rotatable bonds is 6. The van der Waals surface area contributed by atoms with Crippen molar-refractivity contribution in [2.24, 2.45) is 5.10 Å². The molecule has 0 aliphatic carbocycles. The highest BCUT2D eigenvalue weighted by Gasteiger charge is 2.31. The summed E-state index contributed by atoms with van der Waals surface area (Å²) in [5.74, 6) is 0.321. The molecule has 2 aliphatic rings. The molecule has 0 aromatic heterocycles. The van der Waals surface area contributed by atoms with Gasteiger partial charge in [-0.3, -0.25) is 25.2 Å². The van der Waals surface area contributed by atoms with E-state index in [1.54, 1.807) is 4.90 Å². The normalized spacial score (nSPS) is 17.7. The molecule has 1 fully saturated rings. The Balaban J connectivity index is 1.19. The maximum absolute atomic E-state index is 12.7. The first kappa shape index (κ1) is 22.5. The lowest BCUT2D eigenvalue weighted by Crippen LogP contribution is -2.53. The maximum atomic E-state index is 12.7. The van der Waals surface area contributed by atoms with E-state index in [9.17, 15) is 14.9 Å². The van der Waals surface area contributed by atoms with Gasteiger partial charge in [0.05, 0.1) is 10.6 Å². The number of hydrogen-bond acceptors (Lipinski definition) is 7. The van der Waals surface area contributed by atoms with Crippen LogP contribution < -0.4 is 10.2 Å². The molecule has 2 heterocycles. The van der Waals surface area contributed by atoms with Crippen LogP contribution in [0.4, 0.5) is 5.69 Å². The Morgan fingerprint density at radius 2 is 1.66 bits per heavy atom. The van der Waals surface area contributed by atoms with E-state index in [0.29, 0.717) is 31.9 Å². The number of ether oxygens (including phenoxy) is 1. The summed E-state index contributed by atoms with van der Waals surface area (Å²) in [5.41, 5.74) is 7.59. The second-order valence-electron chi connectivity index (χ2n) is 8.40. The molecule has 3 aromatic carbocycles. The second kappa shape index (κ2) is 9.94. The van der Waals surface area contributed by atoms with Crippen molar-refractivity contribution in [1.82, 2.24) is 15.2 Å². The fraction of sp³-hybridized carbons (Fsp3) is 0.231. The third kappa shape index (κ3) is 4.85. The van der Waals surface area contributed by atoms with Crippen LogP contribution in [0.3, 0.4) is 0 Å². The molecule has 1 amide bonds. The van der Waals surface area contributed by atoms with Crippen molar-refractivity contribution < 1.29 is 14.5 Å². The van der Waals surface area contributed by atoms with Crippen LogP contribution in [0.15, 0.2) is 84.0 Å². The number of fused-ring (bicyclic) bond motifs is 1. The molecule has 0 bridgehead atoms. The van der Waals surface area contributed by atoms with Crippen molar-refractivity contribution in [3.8, 4) is 5.75 Å². The van der Waals surface area contributed by atoms with E-state index in [0.717, 1.165) is 16.8 Å². The van der Waals surface area contributed by atoms with Gasteiger partial charge < -0.3 is 9.64 Å². The van der Waals surface area contributed by atoms with Crippen LogP contribution in [-0.2, 0) is 4.79 Å². The number of nitrogens with zero attached hydrogens (tertiary/aromatic N) is 4. The van der Waals surface area contributed by atoms with Crippen molar-refractivity contribution in [3.05, 3.63) is 106 Å². The van der Waals surface area contributed by atoms with Gasteiger partial charge in [-0.25, -0.2) is 0 Å². The zero-order valence-electron chi connectivity index (χ0n) is 19.0. The van der Waals surface area contributed by atoms with Crippen molar-refractivity contribution in [2.75, 3.05) is 32.8 Å². The molecule has 2 aliphatic heterocycles. The number of piperazine rings is 1. The van der Waals surface area contributed by atoms with E-state index in [1.165, 1.54) is 29.8 Å². The van der Waals surface area contributed by atoms with Gasteiger partial charge in [-0.15, -0.1) is 0 Å². The number of hydrogen-bond donors (Lipinski definition) is 1. The summed E-state index contributed by atoms with van der Waals surface area (Å²) in [6.45, 7) is 2.46. The summed E-state index contributed by atoms with van der Waals surface area (Å²) in [6, 6.07) is 24.1. The highest BCUT2D eigenvalue weighted by molar-refractivity contribution is 6.14. The Morgan fingerprint density at radius 1 is 0.971 bits per heavy atom. The van der Waals surface area contributed by atoms with Gasteiger partial charge in [0.25, 0.3) is 11.6 Å². The highest BCUT2D eigenvalue weighted by Crippen LogP contribution is 2.29. The van der Waals surface area contributed by atoms with Crippen molar-refractivity contribution in [3.63, 3.8) is 0 Å². The van der Waals surface area contributed by atoms with E-state index in [1.807, 2.05) is 30.3 Å². The fourth-order valence-electron chi connectivity index (χ4n) is 4.43. The molecule has 9 heteroatoms. The van der Waals surface area contributed by atoms with Gasteiger partial charge in [0.1, 0.15) is 11.9 Å². The standard InChI is InChI=1S/C26H25N5O4/c32-24(18-35-21-12-10-20(11-13-21)31(33)34)29-14-16-30(17-15-29)26-23-9-5-4-8-22(23)25(27-28-26)19-6-2-1-3-7-19/h1-13,26,28H,14-18H2. The number of nitro benzene ring substituents is 1. The minimum Gasteiger partial charge on any atom is -0.484 e. The molecule has 1 atom stereocenters. The SMILES string of the molecule is O=C(COc1ccc([N+](=O)[O-])cc1)N1CCN(C2NN=C(c3ccccc3)c3ccccc32)CC1. The zero-order chi connectivity index (χ0) is 24.2. The molecular formula is C26H25N5O4. The van der Waals surface area contributed by atoms with Crippen LogP contribution in [-0.4, -0.2) is 59.1 Å². The number of carbonyl (C=O) groups excluding carboxylic acids is 1. The molecule has 1 N–H and O–H groups in total. The smallest absolute Gasteiger partial charge is 0.269 e. The van der Waals surface area contributed by atoms with Crippen LogP contribution in [0.2, 0.25) is 0 Å². The molecular weight excluding hydrogens is 446 g/mol. The Hall–Kier alpha value is -4.24. The van der Waals surface area contributed by atoms with E-state index < -0.39 is 4.92 Å². The molecule has 35 heavy (non-hydrogen) atoms. The summed E-state index contributed by atoms with van der Waals surface area (Å²) in [7, 11) is 0. The predicted molar refractivity (Wildman–Crippen MR) is 131 cm³/mol. The minimum atomic E-state index is -0.470. The van der Waals surface area contributed by atoms with Crippen LogP contribution in [0.1, 0.15) is 22.9 Å². The third-order valence-electron chi connectivity index (χ3n) is 6.30. The highest BCUT2D eigenvalue weighted by atomic mass is 16.6. The topological polar surface area (TPSA) is 100 Å². The molecule has 5 rings (SSSR count). The number of nitro groups is 1. The Morgan fingerprint density at radius 3 is 2.37 bits per heavy atom. The van der Waals surface area contributed by atoms with Crippen LogP contribution in [0.5, 0.6) is 5.75 Å². The first-order chi connectivity index (χ1) is 17.1. The first-order valence-corrected chi connectivity index (χ1v) is 11.5. The lowest BCUT2D eigenvalue weighted by molar-refractivity contribution is -0.384. The number of carbonyl (C=O) groups is 1. The predicted octanol–water partition coefficient (Wildman–Crippen LogP) is 3.17. The molecule has 178 valence electrons. The van der Waals surface area contributed by atoms with Crippen molar-refractivity contribution in [2.45, 2.75) is 6.17 Å². The Bertz CT molecular complexity index is 1240. The van der Waals surface area contributed by atoms with Crippen LogP contribution in [0, 0.1) is 10.1 Å². The monoisotopic (exact) mass is 471 g/mol. The maximum Gasteiger partial charge on any atom is 0.269 e. The van der Waals surface area contributed by atoms with Gasteiger partial charge in [-0.2, -0.15) is 5.10 Å². The number of nitrogens with one attached hydrogen (secondary N) is 1. The second-order valence-corrected chi connectivity index (χ2v) is 8.40. The van der Waals surface area contributed by atoms with Gasteiger partial charge in [0.15, 0.2) is 6.61 Å². The number of amides is 1. The summed E-state index contributed by atoms with van der Waals surface area (Å²) < 4.78 is 5.54. The summed E-state index contributed by atoms with van der Waals surface area (Å²) in [5, 5.41) is 15.5. The fourth-order valence-corrected chi connectivity index (χ4v) is 4.43. The molecule has 0 saturated carbocycles. The van der Waals surface area contributed by atoms with Gasteiger partial charge in [0, 0.05) is 49.4 Å². The van der Waals surface area contributed by atoms with E-state index >= 15 is 0 Å². The zero-order valence-corrected chi connectivity index (χ0v) is 19.0.